The molecule has 1 aromatic heterocycles. The molecular formula is C19H27FN4O. The molecule has 3 rings (SSSR count). The molecule has 0 bridgehead atoms. The molecule has 2 heterocycles. The predicted molar refractivity (Wildman–Crippen MR) is 95.7 cm³/mol. The molecule has 1 aliphatic heterocycles. The van der Waals surface area contributed by atoms with E-state index in [0.717, 1.165) is 25.6 Å². The van der Waals surface area contributed by atoms with Crippen LogP contribution in [0.1, 0.15) is 43.7 Å². The zero-order valence-corrected chi connectivity index (χ0v) is 15.3. The SMILES string of the molecule is CNCCC1CCN(C(C)c2nc(-c3ccc(C)c(F)c3)no2)CC1. The van der Waals surface area contributed by atoms with Crippen molar-refractivity contribution >= 4 is 0 Å². The minimum Gasteiger partial charge on any atom is -0.337 e. The average molecular weight is 346 g/mol. The summed E-state index contributed by atoms with van der Waals surface area (Å²) in [6.07, 6.45) is 3.65. The van der Waals surface area contributed by atoms with E-state index in [0.29, 0.717) is 22.8 Å². The van der Waals surface area contributed by atoms with E-state index < -0.39 is 0 Å². The summed E-state index contributed by atoms with van der Waals surface area (Å²) in [5.74, 6) is 1.60. The summed E-state index contributed by atoms with van der Waals surface area (Å²) in [5.41, 5.74) is 1.26. The fourth-order valence-electron chi connectivity index (χ4n) is 3.39. The normalized spacial score (nSPS) is 17.8. The summed E-state index contributed by atoms with van der Waals surface area (Å²) < 4.78 is 19.2. The molecule has 5 nitrogen and oxygen atoms in total. The van der Waals surface area contributed by atoms with Crippen LogP contribution in [0.25, 0.3) is 11.4 Å². The van der Waals surface area contributed by atoms with Gasteiger partial charge in [-0.2, -0.15) is 4.98 Å². The van der Waals surface area contributed by atoms with Crippen LogP contribution < -0.4 is 5.32 Å². The minimum atomic E-state index is -0.250. The third-order valence-corrected chi connectivity index (χ3v) is 5.23. The Balaban J connectivity index is 1.63. The molecule has 6 heteroatoms. The molecule has 0 radical (unpaired) electrons. The van der Waals surface area contributed by atoms with Crippen molar-refractivity contribution in [2.45, 2.75) is 39.2 Å². The van der Waals surface area contributed by atoms with Crippen LogP contribution in [0.2, 0.25) is 0 Å². The third-order valence-electron chi connectivity index (χ3n) is 5.23. The van der Waals surface area contributed by atoms with E-state index >= 15 is 0 Å². The standard InChI is InChI=1S/C19H27FN4O/c1-13-4-5-16(12-17(13)20)18-22-19(25-23-18)14(2)24-10-7-15(8-11-24)6-9-21-3/h4-5,12,14-15,21H,6-11H2,1-3H3. The number of aryl methyl sites for hydroxylation is 1. The van der Waals surface area contributed by atoms with Gasteiger partial charge in [0.05, 0.1) is 6.04 Å². The first-order valence-electron chi connectivity index (χ1n) is 9.07. The number of likely N-dealkylation sites (tertiary alicyclic amines) is 1. The summed E-state index contributed by atoms with van der Waals surface area (Å²) in [6, 6.07) is 5.11. The quantitative estimate of drug-likeness (QED) is 0.867. The Kier molecular flexibility index (Phi) is 5.81. The third kappa shape index (κ3) is 4.25. The molecule has 0 aliphatic carbocycles. The van der Waals surface area contributed by atoms with Crippen molar-refractivity contribution in [3.05, 3.63) is 35.5 Å². The Morgan fingerprint density at radius 3 is 2.80 bits per heavy atom. The molecule has 1 atom stereocenters. The summed E-state index contributed by atoms with van der Waals surface area (Å²) in [5, 5.41) is 7.27. The number of halogens is 1. The van der Waals surface area contributed by atoms with Gasteiger partial charge in [-0.15, -0.1) is 0 Å². The van der Waals surface area contributed by atoms with E-state index in [1.165, 1.54) is 25.3 Å². The molecule has 1 N–H and O–H groups in total. The highest BCUT2D eigenvalue weighted by Crippen LogP contribution is 2.28. The van der Waals surface area contributed by atoms with Crippen molar-refractivity contribution in [2.75, 3.05) is 26.7 Å². The van der Waals surface area contributed by atoms with Gasteiger partial charge in [0.25, 0.3) is 0 Å². The number of aromatic nitrogens is 2. The Morgan fingerprint density at radius 1 is 1.36 bits per heavy atom. The summed E-state index contributed by atoms with van der Waals surface area (Å²) in [6.45, 7) is 7.02. The van der Waals surface area contributed by atoms with Gasteiger partial charge in [0, 0.05) is 5.56 Å². The maximum absolute atomic E-state index is 13.7. The van der Waals surface area contributed by atoms with E-state index in [-0.39, 0.29) is 11.9 Å². The molecule has 1 aromatic carbocycles. The first-order chi connectivity index (χ1) is 12.1. The van der Waals surface area contributed by atoms with Crippen molar-refractivity contribution in [3.63, 3.8) is 0 Å². The van der Waals surface area contributed by atoms with Gasteiger partial charge in [-0.3, -0.25) is 4.90 Å². The monoisotopic (exact) mass is 346 g/mol. The van der Waals surface area contributed by atoms with E-state index in [9.17, 15) is 4.39 Å². The Labute approximate surface area is 148 Å². The molecule has 1 saturated heterocycles. The Hall–Kier alpha value is -1.79. The van der Waals surface area contributed by atoms with E-state index in [1.807, 2.05) is 13.1 Å². The zero-order valence-electron chi connectivity index (χ0n) is 15.3. The topological polar surface area (TPSA) is 54.2 Å². The van der Waals surface area contributed by atoms with Crippen molar-refractivity contribution < 1.29 is 8.91 Å². The molecule has 0 saturated carbocycles. The lowest BCUT2D eigenvalue weighted by atomic mass is 9.93. The lowest BCUT2D eigenvalue weighted by Crippen LogP contribution is -2.36. The first-order valence-corrected chi connectivity index (χ1v) is 9.07. The molecule has 1 aliphatic rings. The van der Waals surface area contributed by atoms with E-state index in [1.54, 1.807) is 13.0 Å². The lowest BCUT2D eigenvalue weighted by molar-refractivity contribution is 0.117. The first kappa shape index (κ1) is 18.0. The van der Waals surface area contributed by atoms with Gasteiger partial charge in [-0.05, 0) is 77.3 Å². The number of piperidine rings is 1. The van der Waals surface area contributed by atoms with Crippen LogP contribution in [-0.2, 0) is 0 Å². The van der Waals surface area contributed by atoms with Crippen LogP contribution >= 0.6 is 0 Å². The van der Waals surface area contributed by atoms with Gasteiger partial charge in [-0.1, -0.05) is 17.3 Å². The average Bonchev–Trinajstić information content (AvgIpc) is 3.12. The molecule has 2 aromatic rings. The smallest absolute Gasteiger partial charge is 0.244 e. The second kappa shape index (κ2) is 8.06. The Bertz CT molecular complexity index is 694. The van der Waals surface area contributed by atoms with Gasteiger partial charge in [0.2, 0.25) is 11.7 Å². The number of nitrogens with one attached hydrogen (secondary N) is 1. The number of hydrogen-bond donors (Lipinski definition) is 1. The van der Waals surface area contributed by atoms with E-state index in [4.69, 9.17) is 4.52 Å². The molecule has 25 heavy (non-hydrogen) atoms. The minimum absolute atomic E-state index is 0.0850. The maximum atomic E-state index is 13.7. The van der Waals surface area contributed by atoms with Crippen LogP contribution in [0.5, 0.6) is 0 Å². The van der Waals surface area contributed by atoms with Gasteiger partial charge < -0.3 is 9.84 Å². The van der Waals surface area contributed by atoms with Crippen molar-refractivity contribution in [1.82, 2.24) is 20.4 Å². The van der Waals surface area contributed by atoms with Crippen molar-refractivity contribution in [1.29, 1.82) is 0 Å². The van der Waals surface area contributed by atoms with Gasteiger partial charge in [0.15, 0.2) is 0 Å². The molecule has 1 unspecified atom stereocenters. The van der Waals surface area contributed by atoms with Crippen molar-refractivity contribution in [2.24, 2.45) is 5.92 Å². The lowest BCUT2D eigenvalue weighted by Gasteiger charge is -2.34. The van der Waals surface area contributed by atoms with Gasteiger partial charge in [0.1, 0.15) is 5.82 Å². The molecular weight excluding hydrogens is 319 g/mol. The fourth-order valence-corrected chi connectivity index (χ4v) is 3.39. The molecule has 0 amide bonds. The fraction of sp³-hybridized carbons (Fsp3) is 0.579. The number of nitrogens with zero attached hydrogens (tertiary/aromatic N) is 3. The number of hydrogen-bond acceptors (Lipinski definition) is 5. The number of rotatable bonds is 6. The summed E-state index contributed by atoms with van der Waals surface area (Å²) in [7, 11) is 2.00. The Morgan fingerprint density at radius 2 is 2.12 bits per heavy atom. The highest BCUT2D eigenvalue weighted by Gasteiger charge is 2.26. The van der Waals surface area contributed by atoms with Crippen LogP contribution in [0.4, 0.5) is 4.39 Å². The van der Waals surface area contributed by atoms with Crippen LogP contribution in [0.15, 0.2) is 22.7 Å². The van der Waals surface area contributed by atoms with Crippen LogP contribution in [0, 0.1) is 18.7 Å². The second-order valence-corrected chi connectivity index (χ2v) is 6.97. The highest BCUT2D eigenvalue weighted by atomic mass is 19.1. The highest BCUT2D eigenvalue weighted by molar-refractivity contribution is 5.54. The predicted octanol–water partition coefficient (Wildman–Crippen LogP) is 3.57. The van der Waals surface area contributed by atoms with Crippen LogP contribution in [0.3, 0.4) is 0 Å². The number of benzene rings is 1. The summed E-state index contributed by atoms with van der Waals surface area (Å²) in [4.78, 5) is 6.89. The van der Waals surface area contributed by atoms with Gasteiger partial charge >= 0.3 is 0 Å². The molecule has 136 valence electrons. The molecule has 0 spiro atoms. The maximum Gasteiger partial charge on any atom is 0.244 e. The largest absolute Gasteiger partial charge is 0.337 e. The van der Waals surface area contributed by atoms with Crippen molar-refractivity contribution in [3.8, 4) is 11.4 Å². The van der Waals surface area contributed by atoms with Gasteiger partial charge in [-0.25, -0.2) is 4.39 Å². The zero-order chi connectivity index (χ0) is 17.8. The molecule has 1 fully saturated rings. The second-order valence-electron chi connectivity index (χ2n) is 6.97. The van der Waals surface area contributed by atoms with E-state index in [2.05, 4.69) is 27.3 Å². The van der Waals surface area contributed by atoms with Crippen LogP contribution in [-0.4, -0.2) is 41.7 Å². The summed E-state index contributed by atoms with van der Waals surface area (Å²) >= 11 is 0.